The van der Waals surface area contributed by atoms with Gasteiger partial charge in [0.1, 0.15) is 0 Å². The maximum atomic E-state index is 11.9. The summed E-state index contributed by atoms with van der Waals surface area (Å²) < 4.78 is 26.4. The number of hydrogen-bond donors (Lipinski definition) is 2. The van der Waals surface area contributed by atoms with E-state index in [9.17, 15) is 8.42 Å². The van der Waals surface area contributed by atoms with Crippen molar-refractivity contribution in [2.75, 3.05) is 6.54 Å². The summed E-state index contributed by atoms with van der Waals surface area (Å²) in [5.41, 5.74) is 8.10. The Hall–Kier alpha value is -0.910. The van der Waals surface area contributed by atoms with E-state index in [1.54, 1.807) is 12.1 Å². The Kier molecular flexibility index (Phi) is 3.51. The molecule has 0 spiro atoms. The minimum atomic E-state index is -3.35. The highest BCUT2D eigenvalue weighted by atomic mass is 32.2. The zero-order valence-electron chi connectivity index (χ0n) is 9.94. The number of rotatable bonds is 4. The van der Waals surface area contributed by atoms with Crippen LogP contribution in [-0.4, -0.2) is 21.0 Å². The molecule has 4 nitrogen and oxygen atoms in total. The Morgan fingerprint density at radius 2 is 2.06 bits per heavy atom. The zero-order chi connectivity index (χ0) is 12.5. The fourth-order valence-corrected chi connectivity index (χ4v) is 3.30. The number of hydrogen-bond acceptors (Lipinski definition) is 3. The van der Waals surface area contributed by atoms with Crippen LogP contribution in [0.5, 0.6) is 0 Å². The number of nitrogens with one attached hydrogen (secondary N) is 1. The summed E-state index contributed by atoms with van der Waals surface area (Å²) >= 11 is 0. The minimum absolute atomic E-state index is 0.131. The van der Waals surface area contributed by atoms with Crippen LogP contribution in [-0.2, 0) is 22.9 Å². The van der Waals surface area contributed by atoms with Crippen LogP contribution in [0.2, 0.25) is 0 Å². The lowest BCUT2D eigenvalue weighted by atomic mass is 10.1. The second-order valence-corrected chi connectivity index (χ2v) is 6.26. The predicted molar refractivity (Wildman–Crippen MR) is 67.3 cm³/mol. The smallest absolute Gasteiger partial charge is 0.240 e. The molecule has 3 N–H and O–H groups in total. The maximum Gasteiger partial charge on any atom is 0.240 e. The van der Waals surface area contributed by atoms with Crippen LogP contribution in [0, 0.1) is 0 Å². The predicted octanol–water partition coefficient (Wildman–Crippen LogP) is 0.801. The molecule has 1 atom stereocenters. The van der Waals surface area contributed by atoms with Crippen molar-refractivity contribution in [1.82, 2.24) is 4.72 Å². The highest BCUT2D eigenvalue weighted by molar-refractivity contribution is 7.89. The topological polar surface area (TPSA) is 72.2 Å². The number of fused-ring (bicyclic) bond motifs is 1. The fourth-order valence-electron chi connectivity index (χ4n) is 2.12. The summed E-state index contributed by atoms with van der Waals surface area (Å²) in [4.78, 5) is 0.346. The van der Waals surface area contributed by atoms with Gasteiger partial charge in [-0.25, -0.2) is 13.1 Å². The van der Waals surface area contributed by atoms with E-state index < -0.39 is 10.0 Å². The Labute approximate surface area is 102 Å². The quantitative estimate of drug-likeness (QED) is 0.835. The van der Waals surface area contributed by atoms with Crippen molar-refractivity contribution in [2.24, 2.45) is 5.73 Å². The van der Waals surface area contributed by atoms with E-state index in [2.05, 4.69) is 4.72 Å². The molecule has 1 aromatic carbocycles. The van der Waals surface area contributed by atoms with E-state index in [0.29, 0.717) is 11.4 Å². The van der Waals surface area contributed by atoms with Gasteiger partial charge in [-0.1, -0.05) is 13.0 Å². The molecule has 0 heterocycles. The third-order valence-corrected chi connectivity index (χ3v) is 4.45. The van der Waals surface area contributed by atoms with Gasteiger partial charge in [0.25, 0.3) is 0 Å². The van der Waals surface area contributed by atoms with Gasteiger partial charge < -0.3 is 5.73 Å². The maximum absolute atomic E-state index is 11.9. The summed E-state index contributed by atoms with van der Waals surface area (Å²) in [6.45, 7) is 2.41. The van der Waals surface area contributed by atoms with E-state index in [1.165, 1.54) is 5.56 Å². The molecule has 5 heteroatoms. The van der Waals surface area contributed by atoms with Crippen molar-refractivity contribution in [3.8, 4) is 0 Å². The van der Waals surface area contributed by atoms with Crippen molar-refractivity contribution in [2.45, 2.75) is 37.1 Å². The van der Waals surface area contributed by atoms with E-state index in [4.69, 9.17) is 5.73 Å². The van der Waals surface area contributed by atoms with Gasteiger partial charge in [0.15, 0.2) is 0 Å². The molecular weight excluding hydrogens is 236 g/mol. The van der Waals surface area contributed by atoms with Crippen molar-refractivity contribution >= 4 is 10.0 Å². The molecule has 0 amide bonds. The van der Waals surface area contributed by atoms with Gasteiger partial charge in [-0.3, -0.25) is 0 Å². The number of nitrogens with two attached hydrogens (primary N) is 1. The molecular formula is C12H18N2O2S. The lowest BCUT2D eigenvalue weighted by Crippen LogP contribution is -2.24. The fraction of sp³-hybridized carbons (Fsp3) is 0.500. The van der Waals surface area contributed by atoms with Crippen molar-refractivity contribution in [1.29, 1.82) is 0 Å². The minimum Gasteiger partial charge on any atom is -0.327 e. The van der Waals surface area contributed by atoms with E-state index in [1.807, 2.05) is 13.0 Å². The molecule has 1 unspecified atom stereocenters. The SMILES string of the molecule is CCCNS(=O)(=O)c1ccc2c(c1)CC(N)C2. The molecule has 94 valence electrons. The normalized spacial score (nSPS) is 19.3. The van der Waals surface area contributed by atoms with Gasteiger partial charge >= 0.3 is 0 Å². The van der Waals surface area contributed by atoms with Gasteiger partial charge in [-0.15, -0.1) is 0 Å². The highest BCUT2D eigenvalue weighted by Crippen LogP contribution is 2.24. The van der Waals surface area contributed by atoms with Crippen LogP contribution in [0.15, 0.2) is 23.1 Å². The molecule has 0 aromatic heterocycles. The standard InChI is InChI=1S/C12H18N2O2S/c1-2-5-14-17(15,16)12-4-3-9-6-11(13)7-10(9)8-12/h3-4,8,11,14H,2,5-7,13H2,1H3. The first kappa shape index (κ1) is 12.5. The average Bonchev–Trinajstić information content (AvgIpc) is 2.65. The molecule has 1 aliphatic rings. The Morgan fingerprint density at radius 1 is 1.35 bits per heavy atom. The third-order valence-electron chi connectivity index (χ3n) is 2.99. The molecule has 17 heavy (non-hydrogen) atoms. The van der Waals surface area contributed by atoms with Crippen LogP contribution in [0.3, 0.4) is 0 Å². The van der Waals surface area contributed by atoms with Gasteiger partial charge in [0.05, 0.1) is 4.90 Å². The Balaban J connectivity index is 2.27. The first-order valence-corrected chi connectivity index (χ1v) is 7.38. The molecule has 0 saturated heterocycles. The number of sulfonamides is 1. The summed E-state index contributed by atoms with van der Waals surface area (Å²) in [5.74, 6) is 0. The molecule has 0 aliphatic heterocycles. The van der Waals surface area contributed by atoms with Gasteiger partial charge in [-0.05, 0) is 42.5 Å². The molecule has 0 fully saturated rings. The Morgan fingerprint density at radius 3 is 2.76 bits per heavy atom. The summed E-state index contributed by atoms with van der Waals surface area (Å²) in [6.07, 6.45) is 2.40. The lowest BCUT2D eigenvalue weighted by molar-refractivity contribution is 0.580. The van der Waals surface area contributed by atoms with Crippen molar-refractivity contribution in [3.63, 3.8) is 0 Å². The third kappa shape index (κ3) is 2.68. The lowest BCUT2D eigenvalue weighted by Gasteiger charge is -2.07. The first-order chi connectivity index (χ1) is 8.03. The van der Waals surface area contributed by atoms with Crippen LogP contribution in [0.4, 0.5) is 0 Å². The summed E-state index contributed by atoms with van der Waals surface area (Å²) in [7, 11) is -3.35. The summed E-state index contributed by atoms with van der Waals surface area (Å²) in [6, 6.07) is 5.42. The van der Waals surface area contributed by atoms with Gasteiger partial charge in [-0.2, -0.15) is 0 Å². The molecule has 0 saturated carbocycles. The van der Waals surface area contributed by atoms with Gasteiger partial charge in [0, 0.05) is 12.6 Å². The molecule has 1 aliphatic carbocycles. The van der Waals surface area contributed by atoms with E-state index in [0.717, 1.165) is 24.8 Å². The largest absolute Gasteiger partial charge is 0.327 e. The summed E-state index contributed by atoms with van der Waals surface area (Å²) in [5, 5.41) is 0. The average molecular weight is 254 g/mol. The second kappa shape index (κ2) is 4.76. The second-order valence-electron chi connectivity index (χ2n) is 4.50. The van der Waals surface area contributed by atoms with Gasteiger partial charge in [0.2, 0.25) is 10.0 Å². The van der Waals surface area contributed by atoms with Crippen LogP contribution in [0.1, 0.15) is 24.5 Å². The van der Waals surface area contributed by atoms with E-state index in [-0.39, 0.29) is 6.04 Å². The highest BCUT2D eigenvalue weighted by Gasteiger charge is 2.21. The molecule has 2 rings (SSSR count). The van der Waals surface area contributed by atoms with Crippen LogP contribution in [0.25, 0.3) is 0 Å². The van der Waals surface area contributed by atoms with Crippen molar-refractivity contribution < 1.29 is 8.42 Å². The molecule has 0 radical (unpaired) electrons. The molecule has 1 aromatic rings. The Bertz CT molecular complexity index is 511. The molecule has 0 bridgehead atoms. The van der Waals surface area contributed by atoms with E-state index >= 15 is 0 Å². The van der Waals surface area contributed by atoms with Crippen LogP contribution < -0.4 is 10.5 Å². The monoisotopic (exact) mass is 254 g/mol. The number of benzene rings is 1. The first-order valence-electron chi connectivity index (χ1n) is 5.90. The van der Waals surface area contributed by atoms with Crippen molar-refractivity contribution in [3.05, 3.63) is 29.3 Å². The zero-order valence-corrected chi connectivity index (χ0v) is 10.8. The van der Waals surface area contributed by atoms with Crippen LogP contribution >= 0.6 is 0 Å².